The zero-order chi connectivity index (χ0) is 14.0. The molecule has 0 aromatic heterocycles. The van der Waals surface area contributed by atoms with Gasteiger partial charge in [0.1, 0.15) is 0 Å². The molecule has 4 aliphatic carbocycles. The van der Waals surface area contributed by atoms with Crippen molar-refractivity contribution in [3.05, 3.63) is 24.3 Å². The van der Waals surface area contributed by atoms with Gasteiger partial charge in [0.15, 0.2) is 0 Å². The van der Waals surface area contributed by atoms with Gasteiger partial charge in [-0.25, -0.2) is 0 Å². The minimum atomic E-state index is 0.445. The van der Waals surface area contributed by atoms with E-state index in [1.807, 2.05) is 0 Å². The zero-order valence-electron chi connectivity index (χ0n) is 13.4. The van der Waals surface area contributed by atoms with Crippen LogP contribution in [-0.4, -0.2) is 0 Å². The molecule has 0 nitrogen and oxygen atoms in total. The van der Waals surface area contributed by atoms with Crippen molar-refractivity contribution in [2.45, 2.75) is 59.3 Å². The molecule has 0 aromatic rings. The molecule has 0 bridgehead atoms. The topological polar surface area (TPSA) is 0 Å². The van der Waals surface area contributed by atoms with Crippen LogP contribution in [0.4, 0.5) is 0 Å². The van der Waals surface area contributed by atoms with Crippen LogP contribution in [0.5, 0.6) is 0 Å². The molecule has 0 spiro atoms. The Morgan fingerprint density at radius 2 is 1.85 bits per heavy atom. The van der Waals surface area contributed by atoms with Crippen LogP contribution in [0, 0.1) is 40.4 Å². The van der Waals surface area contributed by atoms with Crippen LogP contribution in [0.25, 0.3) is 0 Å². The van der Waals surface area contributed by atoms with Crippen LogP contribution in [0.1, 0.15) is 59.3 Å². The standard InChI is InChI=1S/C20H30/c1-14-13-15-17-8-6-10-19(17,2)12-9-18(15)20(3)11-5-4-7-16(14)20/h4-5,7,11,14-18H,6,8-10,12-13H2,1-3H3/t14-,15-,16+,17-,18-,19-,20-/m0/s1. The lowest BCUT2D eigenvalue weighted by Gasteiger charge is -2.59. The van der Waals surface area contributed by atoms with Crippen LogP contribution in [0.15, 0.2) is 24.3 Å². The lowest BCUT2D eigenvalue weighted by molar-refractivity contribution is -0.0743. The molecule has 0 heterocycles. The van der Waals surface area contributed by atoms with E-state index in [2.05, 4.69) is 45.1 Å². The Balaban J connectivity index is 1.72. The Kier molecular flexibility index (Phi) is 2.79. The second-order valence-corrected chi connectivity index (χ2v) is 8.81. The van der Waals surface area contributed by atoms with Gasteiger partial charge < -0.3 is 0 Å². The third kappa shape index (κ3) is 1.60. The lowest BCUT2D eigenvalue weighted by Crippen LogP contribution is -2.52. The minimum Gasteiger partial charge on any atom is -0.0803 e. The van der Waals surface area contributed by atoms with Crippen molar-refractivity contribution in [3.63, 3.8) is 0 Å². The Labute approximate surface area is 124 Å². The van der Waals surface area contributed by atoms with Crippen LogP contribution < -0.4 is 0 Å². The van der Waals surface area contributed by atoms with Crippen LogP contribution in [-0.2, 0) is 0 Å². The quantitative estimate of drug-likeness (QED) is 0.537. The normalized spacial score (nSPS) is 57.0. The third-order valence-corrected chi connectivity index (χ3v) is 7.88. The predicted octanol–water partition coefficient (Wildman–Crippen LogP) is 5.61. The van der Waals surface area contributed by atoms with E-state index in [1.165, 1.54) is 38.5 Å². The van der Waals surface area contributed by atoms with Crippen molar-refractivity contribution in [1.29, 1.82) is 0 Å². The van der Waals surface area contributed by atoms with Gasteiger partial charge in [-0.1, -0.05) is 51.5 Å². The monoisotopic (exact) mass is 270 g/mol. The molecule has 0 radical (unpaired) electrons. The Morgan fingerprint density at radius 3 is 2.70 bits per heavy atom. The Hall–Kier alpha value is -0.520. The first-order valence-corrected chi connectivity index (χ1v) is 8.91. The zero-order valence-corrected chi connectivity index (χ0v) is 13.4. The Bertz CT molecular complexity index is 459. The molecule has 0 aliphatic heterocycles. The smallest absolute Gasteiger partial charge is 0.00470 e. The van der Waals surface area contributed by atoms with Crippen molar-refractivity contribution in [1.82, 2.24) is 0 Å². The van der Waals surface area contributed by atoms with Gasteiger partial charge in [-0.05, 0) is 72.5 Å². The highest BCUT2D eigenvalue weighted by atomic mass is 14.6. The largest absolute Gasteiger partial charge is 0.0803 e. The van der Waals surface area contributed by atoms with E-state index in [0.717, 1.165) is 29.6 Å². The van der Waals surface area contributed by atoms with Crippen molar-refractivity contribution in [2.24, 2.45) is 40.4 Å². The summed E-state index contributed by atoms with van der Waals surface area (Å²) in [4.78, 5) is 0. The summed E-state index contributed by atoms with van der Waals surface area (Å²) >= 11 is 0. The summed E-state index contributed by atoms with van der Waals surface area (Å²) in [6, 6.07) is 0. The fourth-order valence-corrected chi connectivity index (χ4v) is 6.90. The maximum Gasteiger partial charge on any atom is -0.00470 e. The minimum absolute atomic E-state index is 0.445. The van der Waals surface area contributed by atoms with Crippen LogP contribution in [0.3, 0.4) is 0 Å². The Morgan fingerprint density at radius 1 is 1.00 bits per heavy atom. The second-order valence-electron chi connectivity index (χ2n) is 8.81. The van der Waals surface area contributed by atoms with Gasteiger partial charge in [0.2, 0.25) is 0 Å². The summed E-state index contributed by atoms with van der Waals surface area (Å²) in [6.07, 6.45) is 18.7. The molecule has 0 amide bonds. The summed E-state index contributed by atoms with van der Waals surface area (Å²) < 4.78 is 0. The molecule has 7 atom stereocenters. The fourth-order valence-electron chi connectivity index (χ4n) is 6.90. The van der Waals surface area contributed by atoms with Gasteiger partial charge in [0.25, 0.3) is 0 Å². The summed E-state index contributed by atoms with van der Waals surface area (Å²) in [5, 5.41) is 0. The van der Waals surface area contributed by atoms with Crippen LogP contribution in [0.2, 0.25) is 0 Å². The molecule has 3 fully saturated rings. The number of allylic oxidation sites excluding steroid dienone is 4. The SMILES string of the molecule is C[C@H]1C[C@H]2[C@@H]3CCC[C@@]3(C)CC[C@@H]2[C@@]2(C)C=CC=C[C@H]12. The summed E-state index contributed by atoms with van der Waals surface area (Å²) in [5.41, 5.74) is 1.14. The van der Waals surface area contributed by atoms with Gasteiger partial charge in [-0.2, -0.15) is 0 Å². The molecule has 3 saturated carbocycles. The van der Waals surface area contributed by atoms with Gasteiger partial charge in [0.05, 0.1) is 0 Å². The highest BCUT2D eigenvalue weighted by Crippen LogP contribution is 2.65. The van der Waals surface area contributed by atoms with E-state index in [4.69, 9.17) is 0 Å². The fraction of sp³-hybridized carbons (Fsp3) is 0.800. The van der Waals surface area contributed by atoms with E-state index in [-0.39, 0.29) is 0 Å². The highest BCUT2D eigenvalue weighted by molar-refractivity contribution is 5.24. The van der Waals surface area contributed by atoms with Gasteiger partial charge in [0, 0.05) is 0 Å². The first-order chi connectivity index (χ1) is 9.55. The summed E-state index contributed by atoms with van der Waals surface area (Å²) in [5.74, 6) is 4.63. The van der Waals surface area contributed by atoms with E-state index in [9.17, 15) is 0 Å². The average molecular weight is 270 g/mol. The first kappa shape index (κ1) is 13.2. The molecule has 0 saturated heterocycles. The molecular formula is C20H30. The van der Waals surface area contributed by atoms with Crippen LogP contribution >= 0.6 is 0 Å². The van der Waals surface area contributed by atoms with Crippen molar-refractivity contribution in [2.75, 3.05) is 0 Å². The average Bonchev–Trinajstić information content (AvgIpc) is 2.81. The summed E-state index contributed by atoms with van der Waals surface area (Å²) in [7, 11) is 0. The molecular weight excluding hydrogens is 240 g/mol. The third-order valence-electron chi connectivity index (χ3n) is 7.88. The number of hydrogen-bond acceptors (Lipinski definition) is 0. The van der Waals surface area contributed by atoms with E-state index >= 15 is 0 Å². The van der Waals surface area contributed by atoms with Crippen molar-refractivity contribution < 1.29 is 0 Å². The number of fused-ring (bicyclic) bond motifs is 5. The van der Waals surface area contributed by atoms with Crippen molar-refractivity contribution >= 4 is 0 Å². The maximum atomic E-state index is 2.61. The molecule has 110 valence electrons. The molecule has 20 heavy (non-hydrogen) atoms. The predicted molar refractivity (Wildman–Crippen MR) is 85.3 cm³/mol. The van der Waals surface area contributed by atoms with Gasteiger partial charge in [-0.3, -0.25) is 0 Å². The number of hydrogen-bond donors (Lipinski definition) is 0. The molecule has 0 heteroatoms. The lowest BCUT2D eigenvalue weighted by atomic mass is 9.45. The molecule has 0 N–H and O–H groups in total. The van der Waals surface area contributed by atoms with E-state index < -0.39 is 0 Å². The van der Waals surface area contributed by atoms with Gasteiger partial charge >= 0.3 is 0 Å². The first-order valence-electron chi connectivity index (χ1n) is 8.91. The molecule has 4 aliphatic rings. The highest BCUT2D eigenvalue weighted by Gasteiger charge is 2.57. The molecule has 0 unspecified atom stereocenters. The maximum absolute atomic E-state index is 2.61. The summed E-state index contributed by atoms with van der Waals surface area (Å²) in [6.45, 7) is 7.70. The molecule has 0 aromatic carbocycles. The number of rotatable bonds is 0. The molecule has 4 rings (SSSR count). The van der Waals surface area contributed by atoms with E-state index in [1.54, 1.807) is 0 Å². The van der Waals surface area contributed by atoms with Crippen molar-refractivity contribution in [3.8, 4) is 0 Å². The van der Waals surface area contributed by atoms with Gasteiger partial charge in [-0.15, -0.1) is 0 Å². The second kappa shape index (κ2) is 4.24. The van der Waals surface area contributed by atoms with E-state index in [0.29, 0.717) is 10.8 Å².